The molecule has 0 atom stereocenters. The van der Waals surface area contributed by atoms with E-state index in [0.717, 1.165) is 19.3 Å². The van der Waals surface area contributed by atoms with Crippen molar-refractivity contribution in [1.29, 1.82) is 0 Å². The highest BCUT2D eigenvalue weighted by Crippen LogP contribution is 2.22. The van der Waals surface area contributed by atoms with Crippen molar-refractivity contribution in [2.75, 3.05) is 32.8 Å². The molecule has 0 spiro atoms. The highest BCUT2D eigenvalue weighted by molar-refractivity contribution is 7.89. The van der Waals surface area contributed by atoms with Crippen LogP contribution in [0.25, 0.3) is 0 Å². The lowest BCUT2D eigenvalue weighted by molar-refractivity contribution is -0.123. The lowest BCUT2D eigenvalue weighted by atomic mass is 10.2. The van der Waals surface area contributed by atoms with E-state index in [4.69, 9.17) is 21.1 Å². The molecule has 1 aliphatic rings. The highest BCUT2D eigenvalue weighted by Gasteiger charge is 2.25. The monoisotopic (exact) mass is 452 g/mol. The van der Waals surface area contributed by atoms with Gasteiger partial charge in [0.2, 0.25) is 10.0 Å². The van der Waals surface area contributed by atoms with Gasteiger partial charge in [0.05, 0.1) is 11.4 Å². The smallest absolute Gasteiger partial charge is 0.258 e. The molecule has 1 aliphatic heterocycles. The fourth-order valence-electron chi connectivity index (χ4n) is 3.08. The average Bonchev–Trinajstić information content (AvgIpc) is 2.76. The molecule has 0 aromatic heterocycles. The van der Waals surface area contributed by atoms with E-state index in [1.165, 1.54) is 4.31 Å². The van der Waals surface area contributed by atoms with Crippen LogP contribution in [0.4, 0.5) is 0 Å². The minimum absolute atomic E-state index is 0.122. The molecule has 1 saturated heterocycles. The number of nitrogens with one attached hydrogen (secondary N) is 1. The van der Waals surface area contributed by atoms with E-state index in [9.17, 15) is 13.2 Å². The molecule has 162 valence electrons. The van der Waals surface area contributed by atoms with Gasteiger partial charge in [0.15, 0.2) is 6.61 Å². The Bertz CT molecular complexity index is 944. The molecule has 0 bridgehead atoms. The first-order valence-corrected chi connectivity index (χ1v) is 11.6. The Morgan fingerprint density at radius 1 is 1.00 bits per heavy atom. The molecule has 3 rings (SSSR count). The summed E-state index contributed by atoms with van der Waals surface area (Å²) in [5.74, 6) is 0.784. The van der Waals surface area contributed by atoms with Crippen molar-refractivity contribution in [1.82, 2.24) is 9.62 Å². The van der Waals surface area contributed by atoms with Crippen LogP contribution in [0.5, 0.6) is 11.5 Å². The molecular formula is C21H25ClN2O5S. The van der Waals surface area contributed by atoms with E-state index in [-0.39, 0.29) is 24.0 Å². The summed E-state index contributed by atoms with van der Waals surface area (Å²) in [5.41, 5.74) is 0. The molecule has 1 N–H and O–H groups in total. The molecule has 2 aromatic rings. The van der Waals surface area contributed by atoms with Gasteiger partial charge in [-0.05, 0) is 55.3 Å². The Morgan fingerprint density at radius 2 is 1.73 bits per heavy atom. The third kappa shape index (κ3) is 6.35. The molecule has 30 heavy (non-hydrogen) atoms. The van der Waals surface area contributed by atoms with Crippen molar-refractivity contribution in [2.45, 2.75) is 24.2 Å². The Kier molecular flexibility index (Phi) is 7.95. The first kappa shape index (κ1) is 22.4. The van der Waals surface area contributed by atoms with Gasteiger partial charge in [0.25, 0.3) is 5.91 Å². The number of nitrogens with zero attached hydrogens (tertiary/aromatic N) is 1. The molecule has 9 heteroatoms. The molecule has 2 aromatic carbocycles. The van der Waals surface area contributed by atoms with E-state index < -0.39 is 10.0 Å². The number of benzene rings is 2. The summed E-state index contributed by atoms with van der Waals surface area (Å²) in [6.07, 6.45) is 2.87. The maximum atomic E-state index is 12.6. The maximum absolute atomic E-state index is 12.6. The Morgan fingerprint density at radius 3 is 2.43 bits per heavy atom. The molecule has 1 heterocycles. The number of carbonyl (C=O) groups is 1. The number of ether oxygens (including phenoxy) is 2. The first-order valence-electron chi connectivity index (χ1n) is 9.83. The van der Waals surface area contributed by atoms with Crippen LogP contribution in [0.1, 0.15) is 19.3 Å². The Balaban J connectivity index is 1.39. The topological polar surface area (TPSA) is 84.9 Å². The SMILES string of the molecule is O=C(COc1cccc(Cl)c1)NCCOc1ccc(S(=O)(=O)N2CCCCC2)cc1. The second kappa shape index (κ2) is 10.7. The van der Waals surface area contributed by atoms with Crippen LogP contribution in [0.2, 0.25) is 5.02 Å². The summed E-state index contributed by atoms with van der Waals surface area (Å²) < 4.78 is 37.7. The Labute approximate surface area is 182 Å². The van der Waals surface area contributed by atoms with E-state index in [2.05, 4.69) is 5.32 Å². The van der Waals surface area contributed by atoms with Crippen molar-refractivity contribution >= 4 is 27.5 Å². The lowest BCUT2D eigenvalue weighted by Crippen LogP contribution is -2.35. The molecule has 0 aliphatic carbocycles. The zero-order valence-corrected chi connectivity index (χ0v) is 18.1. The minimum atomic E-state index is -3.45. The largest absolute Gasteiger partial charge is 0.492 e. The van der Waals surface area contributed by atoms with E-state index in [1.807, 2.05) is 0 Å². The van der Waals surface area contributed by atoms with Gasteiger partial charge < -0.3 is 14.8 Å². The summed E-state index contributed by atoms with van der Waals surface area (Å²) in [5, 5.41) is 3.23. The van der Waals surface area contributed by atoms with Crippen LogP contribution in [-0.2, 0) is 14.8 Å². The molecular weight excluding hydrogens is 428 g/mol. The predicted molar refractivity (Wildman–Crippen MR) is 115 cm³/mol. The molecule has 1 fully saturated rings. The summed E-state index contributed by atoms with van der Waals surface area (Å²) >= 11 is 5.86. The van der Waals surface area contributed by atoms with E-state index in [1.54, 1.807) is 48.5 Å². The van der Waals surface area contributed by atoms with Crippen molar-refractivity contribution in [3.8, 4) is 11.5 Å². The number of hydrogen-bond acceptors (Lipinski definition) is 5. The number of hydrogen-bond donors (Lipinski definition) is 1. The molecule has 0 radical (unpaired) electrons. The van der Waals surface area contributed by atoms with Gasteiger partial charge in [-0.15, -0.1) is 0 Å². The number of piperidine rings is 1. The minimum Gasteiger partial charge on any atom is -0.492 e. The first-order chi connectivity index (χ1) is 14.4. The Hall–Kier alpha value is -2.29. The second-order valence-electron chi connectivity index (χ2n) is 6.88. The third-order valence-corrected chi connectivity index (χ3v) is 6.78. The van der Waals surface area contributed by atoms with Crippen LogP contribution in [0.15, 0.2) is 53.4 Å². The lowest BCUT2D eigenvalue weighted by Gasteiger charge is -2.25. The summed E-state index contributed by atoms with van der Waals surface area (Å²) in [6, 6.07) is 13.2. The number of amides is 1. The van der Waals surface area contributed by atoms with E-state index in [0.29, 0.717) is 36.2 Å². The van der Waals surface area contributed by atoms with Crippen LogP contribution in [-0.4, -0.2) is 51.5 Å². The maximum Gasteiger partial charge on any atom is 0.258 e. The summed E-state index contributed by atoms with van der Waals surface area (Å²) in [4.78, 5) is 12.1. The van der Waals surface area contributed by atoms with Crippen LogP contribution < -0.4 is 14.8 Å². The summed E-state index contributed by atoms with van der Waals surface area (Å²) in [7, 11) is -3.45. The number of sulfonamides is 1. The second-order valence-corrected chi connectivity index (χ2v) is 9.25. The molecule has 7 nitrogen and oxygen atoms in total. The van der Waals surface area contributed by atoms with Crippen molar-refractivity contribution < 1.29 is 22.7 Å². The predicted octanol–water partition coefficient (Wildman–Crippen LogP) is 3.09. The van der Waals surface area contributed by atoms with Crippen LogP contribution >= 0.6 is 11.6 Å². The number of carbonyl (C=O) groups excluding carboxylic acids is 1. The fourth-order valence-corrected chi connectivity index (χ4v) is 4.78. The quantitative estimate of drug-likeness (QED) is 0.591. The standard InChI is InChI=1S/C21H25ClN2O5S/c22-17-5-4-6-19(15-17)29-16-21(25)23-11-14-28-18-7-9-20(10-8-18)30(26,27)24-12-2-1-3-13-24/h4-10,15H,1-3,11-14,16H2,(H,23,25). The van der Waals surface area contributed by atoms with Gasteiger partial charge in [0, 0.05) is 18.1 Å². The van der Waals surface area contributed by atoms with Crippen molar-refractivity contribution in [3.63, 3.8) is 0 Å². The van der Waals surface area contributed by atoms with Crippen LogP contribution in [0, 0.1) is 0 Å². The zero-order valence-electron chi connectivity index (χ0n) is 16.6. The van der Waals surface area contributed by atoms with Crippen molar-refractivity contribution in [3.05, 3.63) is 53.6 Å². The summed E-state index contributed by atoms with van der Waals surface area (Å²) in [6.45, 7) is 1.57. The van der Waals surface area contributed by atoms with Crippen molar-refractivity contribution in [2.24, 2.45) is 0 Å². The van der Waals surface area contributed by atoms with Crippen LogP contribution in [0.3, 0.4) is 0 Å². The van der Waals surface area contributed by atoms with E-state index >= 15 is 0 Å². The fraction of sp³-hybridized carbons (Fsp3) is 0.381. The van der Waals surface area contributed by atoms with Gasteiger partial charge >= 0.3 is 0 Å². The highest BCUT2D eigenvalue weighted by atomic mass is 35.5. The zero-order chi connectivity index (χ0) is 21.4. The van der Waals surface area contributed by atoms with Gasteiger partial charge in [0.1, 0.15) is 18.1 Å². The average molecular weight is 453 g/mol. The molecule has 1 amide bonds. The number of rotatable bonds is 9. The number of halogens is 1. The third-order valence-electron chi connectivity index (χ3n) is 4.64. The van der Waals surface area contributed by atoms with Gasteiger partial charge in [-0.1, -0.05) is 24.1 Å². The molecule has 0 unspecified atom stereocenters. The normalized spacial score (nSPS) is 14.8. The van der Waals surface area contributed by atoms with Gasteiger partial charge in [-0.2, -0.15) is 4.31 Å². The van der Waals surface area contributed by atoms with Gasteiger partial charge in [-0.3, -0.25) is 4.79 Å². The van der Waals surface area contributed by atoms with Gasteiger partial charge in [-0.25, -0.2) is 8.42 Å². The molecule has 0 saturated carbocycles.